The van der Waals surface area contributed by atoms with Crippen molar-refractivity contribution in [3.63, 3.8) is 0 Å². The fourth-order valence-corrected chi connectivity index (χ4v) is 9.09. The van der Waals surface area contributed by atoms with Crippen LogP contribution in [0.1, 0.15) is 0 Å². The van der Waals surface area contributed by atoms with Crippen LogP contribution < -0.4 is 0 Å². The van der Waals surface area contributed by atoms with Crippen molar-refractivity contribution in [3.05, 3.63) is 200 Å². The Morgan fingerprint density at radius 1 is 0.254 bits per heavy atom. The average Bonchev–Trinajstić information content (AvgIpc) is 4.05. The molecule has 13 rings (SSSR count). The van der Waals surface area contributed by atoms with E-state index < -0.39 is 0 Å². The smallest absolute Gasteiger partial charge is 0.164 e. The molecule has 6 heteroatoms. The first-order chi connectivity index (χ1) is 31.2. The summed E-state index contributed by atoms with van der Waals surface area (Å²) >= 11 is 0. The first-order valence-electron chi connectivity index (χ1n) is 21.0. The summed E-state index contributed by atoms with van der Waals surface area (Å²) < 4.78 is 19.2. The number of para-hydroxylation sites is 3. The molecule has 0 bridgehead atoms. The maximum absolute atomic E-state index is 6.72. The van der Waals surface area contributed by atoms with E-state index in [1.54, 1.807) is 0 Å². The molecule has 0 aliphatic rings. The molecule has 9 aromatic carbocycles. The molecule has 63 heavy (non-hydrogen) atoms. The number of fused-ring (bicyclic) bond motifs is 9. The van der Waals surface area contributed by atoms with Gasteiger partial charge in [0.1, 0.15) is 33.5 Å². The van der Waals surface area contributed by atoms with E-state index in [9.17, 15) is 0 Å². The van der Waals surface area contributed by atoms with Crippen molar-refractivity contribution in [3.8, 4) is 67.5 Å². The van der Waals surface area contributed by atoms with Gasteiger partial charge in [0, 0.05) is 54.6 Å². The van der Waals surface area contributed by atoms with E-state index in [1.807, 2.05) is 54.6 Å². The lowest BCUT2D eigenvalue weighted by Gasteiger charge is -2.11. The second-order valence-corrected chi connectivity index (χ2v) is 15.9. The van der Waals surface area contributed by atoms with Crippen LogP contribution in [0.4, 0.5) is 0 Å². The van der Waals surface area contributed by atoms with Gasteiger partial charge in [0.05, 0.1) is 0 Å². The van der Waals surface area contributed by atoms with Gasteiger partial charge in [-0.05, 0) is 82.4 Å². The van der Waals surface area contributed by atoms with Crippen LogP contribution >= 0.6 is 0 Å². The van der Waals surface area contributed by atoms with Crippen molar-refractivity contribution in [1.29, 1.82) is 0 Å². The fraction of sp³-hybridized carbons (Fsp3) is 0. The lowest BCUT2D eigenvalue weighted by molar-refractivity contribution is 0.668. The van der Waals surface area contributed by atoms with Crippen LogP contribution in [0.15, 0.2) is 213 Å². The molecule has 6 nitrogen and oxygen atoms in total. The third-order valence-corrected chi connectivity index (χ3v) is 12.2. The number of benzene rings is 9. The second-order valence-electron chi connectivity index (χ2n) is 15.9. The van der Waals surface area contributed by atoms with Crippen LogP contribution in [0.3, 0.4) is 0 Å². The standard InChI is InChI=1S/C57H33N3O3/c1-2-11-34(12-3-1)37-13-10-14-39(31-37)56-58-55(59-57(60-56)40-25-27-45-43-15-4-7-18-48(43)62-52(45)33-40)36-23-21-35(22-24-36)42-29-28-41(53-46-17-6-9-20-50(46)63-54(42)53)38-26-30-51-47(32-38)44-16-5-8-19-49(44)61-51/h1-33H. The molecule has 0 aliphatic carbocycles. The Labute approximate surface area is 360 Å². The van der Waals surface area contributed by atoms with Gasteiger partial charge in [0.15, 0.2) is 17.5 Å². The third kappa shape index (κ3) is 5.84. The lowest BCUT2D eigenvalue weighted by Crippen LogP contribution is -2.00. The molecule has 0 atom stereocenters. The Hall–Kier alpha value is -8.61. The summed E-state index contributed by atoms with van der Waals surface area (Å²) in [5, 5.41) is 6.46. The summed E-state index contributed by atoms with van der Waals surface area (Å²) in [6, 6.07) is 68.7. The van der Waals surface area contributed by atoms with E-state index in [2.05, 4.69) is 146 Å². The van der Waals surface area contributed by atoms with Gasteiger partial charge in [-0.2, -0.15) is 0 Å². The van der Waals surface area contributed by atoms with Crippen LogP contribution in [0.25, 0.3) is 133 Å². The number of hydrogen-bond acceptors (Lipinski definition) is 6. The third-order valence-electron chi connectivity index (χ3n) is 12.2. The van der Waals surface area contributed by atoms with Crippen molar-refractivity contribution >= 4 is 65.8 Å². The molecule has 0 amide bonds. The summed E-state index contributed by atoms with van der Waals surface area (Å²) in [7, 11) is 0. The average molecular weight is 808 g/mol. The molecule has 0 aliphatic heterocycles. The summed E-state index contributed by atoms with van der Waals surface area (Å²) in [5.41, 5.74) is 14.1. The quantitative estimate of drug-likeness (QED) is 0.166. The van der Waals surface area contributed by atoms with E-state index >= 15 is 0 Å². The minimum absolute atomic E-state index is 0.563. The van der Waals surface area contributed by atoms with Gasteiger partial charge in [0.25, 0.3) is 0 Å². The van der Waals surface area contributed by atoms with Crippen LogP contribution in [0.2, 0.25) is 0 Å². The summed E-state index contributed by atoms with van der Waals surface area (Å²) in [4.78, 5) is 15.3. The minimum Gasteiger partial charge on any atom is -0.456 e. The van der Waals surface area contributed by atoms with Gasteiger partial charge >= 0.3 is 0 Å². The summed E-state index contributed by atoms with van der Waals surface area (Å²) in [5.74, 6) is 1.72. The minimum atomic E-state index is 0.563. The molecule has 0 saturated heterocycles. The molecule has 294 valence electrons. The molecule has 4 heterocycles. The SMILES string of the molecule is c1ccc(-c2cccc(-c3nc(-c4ccc(-c5ccc(-c6ccc7oc8ccccc8c7c6)c6c5oc5ccccc56)cc4)nc(-c4ccc5c(c4)oc4ccccc45)n3)c2)cc1. The zero-order chi connectivity index (χ0) is 41.4. The fourth-order valence-electron chi connectivity index (χ4n) is 9.09. The normalized spacial score (nSPS) is 11.8. The number of nitrogens with zero attached hydrogens (tertiary/aromatic N) is 3. The number of hydrogen-bond donors (Lipinski definition) is 0. The highest BCUT2D eigenvalue weighted by atomic mass is 16.3. The van der Waals surface area contributed by atoms with E-state index in [1.165, 1.54) is 0 Å². The zero-order valence-electron chi connectivity index (χ0n) is 33.6. The molecule has 4 aromatic heterocycles. The van der Waals surface area contributed by atoms with E-state index in [0.29, 0.717) is 17.5 Å². The Morgan fingerprint density at radius 2 is 0.762 bits per heavy atom. The molecule has 0 saturated carbocycles. The first-order valence-corrected chi connectivity index (χ1v) is 21.0. The molecule has 0 unspecified atom stereocenters. The Morgan fingerprint density at radius 3 is 1.52 bits per heavy atom. The van der Waals surface area contributed by atoms with Crippen molar-refractivity contribution in [2.75, 3.05) is 0 Å². The highest BCUT2D eigenvalue weighted by Crippen LogP contribution is 2.43. The van der Waals surface area contributed by atoms with Crippen LogP contribution in [-0.2, 0) is 0 Å². The van der Waals surface area contributed by atoms with E-state index in [0.717, 1.165) is 116 Å². The second kappa shape index (κ2) is 14.0. The van der Waals surface area contributed by atoms with Gasteiger partial charge in [-0.15, -0.1) is 0 Å². The molecular formula is C57H33N3O3. The van der Waals surface area contributed by atoms with Crippen LogP contribution in [0.5, 0.6) is 0 Å². The zero-order valence-corrected chi connectivity index (χ0v) is 33.6. The molecular weight excluding hydrogens is 775 g/mol. The Balaban J connectivity index is 0.933. The van der Waals surface area contributed by atoms with E-state index in [-0.39, 0.29) is 0 Å². The lowest BCUT2D eigenvalue weighted by atomic mass is 9.93. The maximum Gasteiger partial charge on any atom is 0.164 e. The topological polar surface area (TPSA) is 78.1 Å². The predicted molar refractivity (Wildman–Crippen MR) is 254 cm³/mol. The van der Waals surface area contributed by atoms with Gasteiger partial charge in [-0.25, -0.2) is 15.0 Å². The van der Waals surface area contributed by atoms with Gasteiger partial charge in [-0.1, -0.05) is 146 Å². The number of furan rings is 3. The first kappa shape index (κ1) is 35.2. The Kier molecular flexibility index (Phi) is 7.80. The van der Waals surface area contributed by atoms with Crippen LogP contribution in [0, 0.1) is 0 Å². The molecule has 0 spiro atoms. The summed E-state index contributed by atoms with van der Waals surface area (Å²) in [6.07, 6.45) is 0. The van der Waals surface area contributed by atoms with Gasteiger partial charge in [0.2, 0.25) is 0 Å². The van der Waals surface area contributed by atoms with Gasteiger partial charge < -0.3 is 13.3 Å². The highest BCUT2D eigenvalue weighted by Gasteiger charge is 2.20. The van der Waals surface area contributed by atoms with Crippen molar-refractivity contribution in [1.82, 2.24) is 15.0 Å². The monoisotopic (exact) mass is 807 g/mol. The van der Waals surface area contributed by atoms with Crippen molar-refractivity contribution in [2.45, 2.75) is 0 Å². The predicted octanol–water partition coefficient (Wildman–Crippen LogP) is 15.6. The van der Waals surface area contributed by atoms with Crippen LogP contribution in [-0.4, -0.2) is 15.0 Å². The maximum atomic E-state index is 6.72. The number of rotatable bonds is 6. The Bertz CT molecular complexity index is 3920. The highest BCUT2D eigenvalue weighted by molar-refractivity contribution is 6.17. The summed E-state index contributed by atoms with van der Waals surface area (Å²) in [6.45, 7) is 0. The molecule has 0 radical (unpaired) electrons. The molecule has 0 N–H and O–H groups in total. The van der Waals surface area contributed by atoms with Crippen molar-refractivity contribution < 1.29 is 13.3 Å². The molecule has 13 aromatic rings. The largest absolute Gasteiger partial charge is 0.456 e. The van der Waals surface area contributed by atoms with Gasteiger partial charge in [-0.3, -0.25) is 0 Å². The van der Waals surface area contributed by atoms with Crippen molar-refractivity contribution in [2.24, 2.45) is 0 Å². The van der Waals surface area contributed by atoms with E-state index in [4.69, 9.17) is 28.2 Å². The number of aromatic nitrogens is 3. The molecule has 0 fully saturated rings.